The van der Waals surface area contributed by atoms with Crippen LogP contribution in [-0.4, -0.2) is 0 Å². The van der Waals surface area contributed by atoms with Crippen LogP contribution in [0.25, 0.3) is 0 Å². The lowest BCUT2D eigenvalue weighted by Gasteiger charge is -2.15. The molecule has 2 nitrogen and oxygen atoms in total. The Kier molecular flexibility index (Phi) is 4.97. The normalized spacial score (nSPS) is 12.7. The van der Waals surface area contributed by atoms with Gasteiger partial charge in [-0.2, -0.15) is 0 Å². The highest BCUT2D eigenvalue weighted by Crippen LogP contribution is 2.34. The minimum absolute atomic E-state index is 0.125. The molecule has 0 aliphatic carbocycles. The van der Waals surface area contributed by atoms with Crippen molar-refractivity contribution in [2.45, 2.75) is 19.4 Å². The summed E-state index contributed by atoms with van der Waals surface area (Å²) >= 11 is 11.1. The molecule has 0 amide bonds. The average molecular weight is 364 g/mol. The quantitative estimate of drug-likeness (QED) is 0.626. The van der Waals surface area contributed by atoms with Gasteiger partial charge in [0.25, 0.3) is 0 Å². The first-order chi connectivity index (χ1) is 9.01. The second-order valence-electron chi connectivity index (χ2n) is 4.30. The summed E-state index contributed by atoms with van der Waals surface area (Å²) in [5.74, 6) is 5.33. The molecule has 0 saturated heterocycles. The summed E-state index contributed by atoms with van der Waals surface area (Å²) in [5.41, 5.74) is 4.64. The van der Waals surface area contributed by atoms with E-state index in [1.54, 1.807) is 11.3 Å². The Morgan fingerprint density at radius 2 is 2.21 bits per heavy atom. The van der Waals surface area contributed by atoms with E-state index in [0.717, 1.165) is 21.0 Å². The van der Waals surface area contributed by atoms with Crippen molar-refractivity contribution in [3.8, 4) is 0 Å². The molecule has 0 saturated carbocycles. The Morgan fingerprint density at radius 3 is 2.74 bits per heavy atom. The third-order valence-corrected chi connectivity index (χ3v) is 5.09. The van der Waals surface area contributed by atoms with Crippen LogP contribution < -0.4 is 11.3 Å². The van der Waals surface area contributed by atoms with Gasteiger partial charge in [0, 0.05) is 9.35 Å². The molecule has 19 heavy (non-hydrogen) atoms. The van der Waals surface area contributed by atoms with Crippen LogP contribution in [0.15, 0.2) is 28.1 Å². The van der Waals surface area contributed by atoms with Gasteiger partial charge >= 0.3 is 0 Å². The van der Waals surface area contributed by atoms with Gasteiger partial charge in [0.15, 0.2) is 0 Å². The van der Waals surface area contributed by atoms with Crippen molar-refractivity contribution in [3.05, 3.63) is 54.9 Å². The Morgan fingerprint density at radius 1 is 1.47 bits per heavy atom. The predicted octanol–water partition coefficient (Wildman–Crippen LogP) is 4.36. The molecule has 1 aromatic carbocycles. The summed E-state index contributed by atoms with van der Waals surface area (Å²) in [5, 5.41) is 2.71. The van der Waals surface area contributed by atoms with E-state index in [2.05, 4.69) is 21.4 Å². The summed E-state index contributed by atoms with van der Waals surface area (Å²) in [6.07, 6.45) is 0.576. The van der Waals surface area contributed by atoms with Gasteiger partial charge in [-0.25, -0.2) is 4.39 Å². The van der Waals surface area contributed by atoms with Crippen molar-refractivity contribution in [1.29, 1.82) is 0 Å². The van der Waals surface area contributed by atoms with E-state index in [4.69, 9.17) is 17.4 Å². The fraction of sp³-hybridized carbons (Fsp3) is 0.231. The summed E-state index contributed by atoms with van der Waals surface area (Å²) in [4.78, 5) is 0.974. The maximum atomic E-state index is 13.4. The molecule has 0 radical (unpaired) electrons. The molecule has 0 aliphatic heterocycles. The monoisotopic (exact) mass is 362 g/mol. The lowest BCUT2D eigenvalue weighted by molar-refractivity contribution is 0.556. The molecule has 6 heteroatoms. The van der Waals surface area contributed by atoms with Gasteiger partial charge in [-0.15, -0.1) is 11.3 Å². The number of hydrogen-bond donors (Lipinski definition) is 2. The van der Waals surface area contributed by atoms with Gasteiger partial charge in [0.1, 0.15) is 5.82 Å². The molecule has 3 N–H and O–H groups in total. The molecular formula is C13H13BrClFN2S. The van der Waals surface area contributed by atoms with Crippen LogP contribution in [-0.2, 0) is 6.42 Å². The number of hydrazine groups is 1. The Labute approximate surface area is 128 Å². The predicted molar refractivity (Wildman–Crippen MR) is 81.9 cm³/mol. The first-order valence-electron chi connectivity index (χ1n) is 5.66. The lowest BCUT2D eigenvalue weighted by atomic mass is 10.0. The van der Waals surface area contributed by atoms with Gasteiger partial charge in [0.05, 0.1) is 11.1 Å². The van der Waals surface area contributed by atoms with E-state index in [1.807, 2.05) is 18.4 Å². The molecule has 2 aromatic rings. The summed E-state index contributed by atoms with van der Waals surface area (Å²) < 4.78 is 14.1. The topological polar surface area (TPSA) is 38.0 Å². The number of aryl methyl sites for hydroxylation is 1. The first kappa shape index (κ1) is 14.9. The minimum atomic E-state index is -0.270. The fourth-order valence-electron chi connectivity index (χ4n) is 1.88. The molecule has 1 heterocycles. The number of nitrogens with two attached hydrogens (primary N) is 1. The van der Waals surface area contributed by atoms with Gasteiger partial charge in [-0.05, 0) is 48.1 Å². The SMILES string of the molecule is Cc1csc(C(Cc2cc(F)cc(Br)c2)NN)c1Cl. The standard InChI is InChI=1S/C13H13BrClFN2S/c1-7-6-19-13(12(7)15)11(18-17)4-8-2-9(14)5-10(16)3-8/h2-3,5-6,11,18H,4,17H2,1H3. The zero-order valence-corrected chi connectivity index (χ0v) is 13.4. The van der Waals surface area contributed by atoms with E-state index in [1.165, 1.54) is 12.1 Å². The van der Waals surface area contributed by atoms with Crippen LogP contribution in [0.5, 0.6) is 0 Å². The molecule has 0 spiro atoms. The van der Waals surface area contributed by atoms with E-state index in [9.17, 15) is 4.39 Å². The zero-order valence-electron chi connectivity index (χ0n) is 10.2. The van der Waals surface area contributed by atoms with Crippen LogP contribution in [0.3, 0.4) is 0 Å². The molecule has 1 unspecified atom stereocenters. The van der Waals surface area contributed by atoms with Gasteiger partial charge < -0.3 is 0 Å². The number of hydrogen-bond acceptors (Lipinski definition) is 3. The minimum Gasteiger partial charge on any atom is -0.271 e. The molecule has 0 bridgehead atoms. The Hall–Kier alpha value is -0.460. The number of thiophene rings is 1. The van der Waals surface area contributed by atoms with Crippen molar-refractivity contribution in [3.63, 3.8) is 0 Å². The lowest BCUT2D eigenvalue weighted by Crippen LogP contribution is -2.29. The van der Waals surface area contributed by atoms with Gasteiger partial charge in [-0.3, -0.25) is 11.3 Å². The van der Waals surface area contributed by atoms with Crippen LogP contribution in [0.1, 0.15) is 22.0 Å². The maximum Gasteiger partial charge on any atom is 0.124 e. The third kappa shape index (κ3) is 3.55. The average Bonchev–Trinajstić information content (AvgIpc) is 2.66. The van der Waals surface area contributed by atoms with Crippen molar-refractivity contribution in [1.82, 2.24) is 5.43 Å². The third-order valence-electron chi connectivity index (χ3n) is 2.81. The van der Waals surface area contributed by atoms with Crippen molar-refractivity contribution >= 4 is 38.9 Å². The van der Waals surface area contributed by atoms with Crippen LogP contribution in [0, 0.1) is 12.7 Å². The van der Waals surface area contributed by atoms with E-state index < -0.39 is 0 Å². The van der Waals surface area contributed by atoms with E-state index in [-0.39, 0.29) is 11.9 Å². The smallest absolute Gasteiger partial charge is 0.124 e. The number of nitrogens with one attached hydrogen (secondary N) is 1. The van der Waals surface area contributed by atoms with Gasteiger partial charge in [-0.1, -0.05) is 27.5 Å². The highest BCUT2D eigenvalue weighted by atomic mass is 79.9. The molecule has 0 fully saturated rings. The van der Waals surface area contributed by atoms with Crippen molar-refractivity contribution in [2.75, 3.05) is 0 Å². The first-order valence-corrected chi connectivity index (χ1v) is 7.71. The van der Waals surface area contributed by atoms with Crippen LogP contribution in [0.4, 0.5) is 4.39 Å². The van der Waals surface area contributed by atoms with Crippen LogP contribution >= 0.6 is 38.9 Å². The van der Waals surface area contributed by atoms with Crippen molar-refractivity contribution in [2.24, 2.45) is 5.84 Å². The molecule has 0 aliphatic rings. The fourth-order valence-corrected chi connectivity index (χ4v) is 3.78. The molecule has 102 valence electrons. The number of halogens is 3. The summed E-state index contributed by atoms with van der Waals surface area (Å²) in [6.45, 7) is 1.95. The molecule has 1 atom stereocenters. The maximum absolute atomic E-state index is 13.4. The largest absolute Gasteiger partial charge is 0.271 e. The Balaban J connectivity index is 2.26. The summed E-state index contributed by atoms with van der Waals surface area (Å²) in [7, 11) is 0. The highest BCUT2D eigenvalue weighted by molar-refractivity contribution is 9.10. The second-order valence-corrected chi connectivity index (χ2v) is 6.50. The number of benzene rings is 1. The molecule has 1 aromatic heterocycles. The van der Waals surface area contributed by atoms with Crippen LogP contribution in [0.2, 0.25) is 5.02 Å². The molecular weight excluding hydrogens is 351 g/mol. The van der Waals surface area contributed by atoms with E-state index >= 15 is 0 Å². The zero-order chi connectivity index (χ0) is 14.0. The highest BCUT2D eigenvalue weighted by Gasteiger charge is 2.17. The number of rotatable bonds is 4. The molecule has 2 rings (SSSR count). The Bertz CT molecular complexity index is 568. The van der Waals surface area contributed by atoms with E-state index in [0.29, 0.717) is 10.9 Å². The summed E-state index contributed by atoms with van der Waals surface area (Å²) in [6, 6.07) is 4.68. The second kappa shape index (κ2) is 6.33. The van der Waals surface area contributed by atoms with Crippen molar-refractivity contribution < 1.29 is 4.39 Å². The van der Waals surface area contributed by atoms with Gasteiger partial charge in [0.2, 0.25) is 0 Å².